The van der Waals surface area contributed by atoms with Crippen molar-refractivity contribution in [2.45, 2.75) is 13.8 Å². The van der Waals surface area contributed by atoms with Gasteiger partial charge >= 0.3 is 0 Å². The number of nitrogens with one attached hydrogen (secondary N) is 1. The summed E-state index contributed by atoms with van der Waals surface area (Å²) < 4.78 is 11.4. The van der Waals surface area contributed by atoms with Crippen molar-refractivity contribution in [1.82, 2.24) is 4.98 Å². The number of benzene rings is 3. The molecule has 0 aliphatic heterocycles. The molecule has 4 aromatic rings. The third kappa shape index (κ3) is 4.25. The van der Waals surface area contributed by atoms with Crippen LogP contribution in [0.1, 0.15) is 11.1 Å². The van der Waals surface area contributed by atoms with Crippen LogP contribution >= 0.6 is 11.6 Å². The molecule has 1 amide bonds. The van der Waals surface area contributed by atoms with Gasteiger partial charge in [-0.05, 0) is 67.4 Å². The van der Waals surface area contributed by atoms with Gasteiger partial charge in [-0.3, -0.25) is 4.79 Å². The number of halogens is 1. The number of nitrogens with zero attached hydrogens (tertiary/aromatic N) is 1. The first kappa shape index (κ1) is 19.0. The minimum absolute atomic E-state index is 0.104. The van der Waals surface area contributed by atoms with Gasteiger partial charge in [-0.1, -0.05) is 29.8 Å². The molecule has 1 heterocycles. The zero-order chi connectivity index (χ0) is 20.4. The number of oxazole rings is 1. The van der Waals surface area contributed by atoms with Gasteiger partial charge in [0, 0.05) is 16.3 Å². The van der Waals surface area contributed by atoms with Gasteiger partial charge in [0.05, 0.1) is 0 Å². The van der Waals surface area contributed by atoms with Crippen molar-refractivity contribution < 1.29 is 13.9 Å². The van der Waals surface area contributed by atoms with Crippen LogP contribution in [0.15, 0.2) is 65.1 Å². The lowest BCUT2D eigenvalue weighted by atomic mass is 10.1. The Hall–Kier alpha value is -3.31. The normalized spacial score (nSPS) is 10.9. The van der Waals surface area contributed by atoms with E-state index >= 15 is 0 Å². The molecule has 0 bridgehead atoms. The minimum Gasteiger partial charge on any atom is -0.484 e. The van der Waals surface area contributed by atoms with Crippen LogP contribution in [-0.2, 0) is 4.79 Å². The van der Waals surface area contributed by atoms with Gasteiger partial charge in [0.2, 0.25) is 5.89 Å². The van der Waals surface area contributed by atoms with Gasteiger partial charge in [0.1, 0.15) is 11.3 Å². The van der Waals surface area contributed by atoms with E-state index in [-0.39, 0.29) is 12.5 Å². The lowest BCUT2D eigenvalue weighted by molar-refractivity contribution is -0.118. The Morgan fingerprint density at radius 1 is 1.07 bits per heavy atom. The number of amides is 1. The molecule has 0 aliphatic rings. The highest BCUT2D eigenvalue weighted by molar-refractivity contribution is 6.31. The summed E-state index contributed by atoms with van der Waals surface area (Å²) in [6.45, 7) is 3.71. The number of aromatic nitrogens is 1. The highest BCUT2D eigenvalue weighted by Crippen LogP contribution is 2.28. The first-order chi connectivity index (χ1) is 14.0. The Balaban J connectivity index is 1.48. The lowest BCUT2D eigenvalue weighted by Gasteiger charge is -2.11. The second-order valence-corrected chi connectivity index (χ2v) is 7.17. The predicted molar refractivity (Wildman–Crippen MR) is 114 cm³/mol. The molecule has 5 nitrogen and oxygen atoms in total. The smallest absolute Gasteiger partial charge is 0.262 e. The summed E-state index contributed by atoms with van der Waals surface area (Å²) >= 11 is 6.01. The van der Waals surface area contributed by atoms with Crippen molar-refractivity contribution in [3.8, 4) is 17.2 Å². The minimum atomic E-state index is -0.254. The van der Waals surface area contributed by atoms with Crippen LogP contribution < -0.4 is 10.1 Å². The van der Waals surface area contributed by atoms with E-state index in [1.807, 2.05) is 56.3 Å². The molecule has 0 aliphatic carbocycles. The average Bonchev–Trinajstić information content (AvgIpc) is 3.15. The van der Waals surface area contributed by atoms with Crippen molar-refractivity contribution in [3.05, 3.63) is 76.8 Å². The Morgan fingerprint density at radius 2 is 1.90 bits per heavy atom. The largest absolute Gasteiger partial charge is 0.484 e. The third-order valence-corrected chi connectivity index (χ3v) is 4.98. The van der Waals surface area contributed by atoms with Crippen LogP contribution in [0.5, 0.6) is 5.75 Å². The van der Waals surface area contributed by atoms with Crippen LogP contribution in [0, 0.1) is 13.8 Å². The summed E-state index contributed by atoms with van der Waals surface area (Å²) in [4.78, 5) is 16.9. The van der Waals surface area contributed by atoms with Crippen molar-refractivity contribution in [2.24, 2.45) is 0 Å². The molecule has 0 fully saturated rings. The number of anilines is 1. The van der Waals surface area contributed by atoms with Crippen LogP contribution in [0.4, 0.5) is 5.69 Å². The fraction of sp³-hybridized carbons (Fsp3) is 0.130. The van der Waals surface area contributed by atoms with Crippen LogP contribution in [0.3, 0.4) is 0 Å². The van der Waals surface area contributed by atoms with Gasteiger partial charge < -0.3 is 14.5 Å². The molecule has 1 N–H and O–H groups in total. The van der Waals surface area contributed by atoms with Crippen molar-refractivity contribution in [1.29, 1.82) is 0 Å². The summed E-state index contributed by atoms with van der Waals surface area (Å²) in [6.07, 6.45) is 0. The first-order valence-electron chi connectivity index (χ1n) is 9.15. The second-order valence-electron chi connectivity index (χ2n) is 6.76. The molecule has 0 atom stereocenters. The Kier molecular flexibility index (Phi) is 5.23. The van der Waals surface area contributed by atoms with Crippen LogP contribution in [-0.4, -0.2) is 17.5 Å². The zero-order valence-electron chi connectivity index (χ0n) is 16.0. The Morgan fingerprint density at radius 3 is 2.69 bits per heavy atom. The van der Waals surface area contributed by atoms with E-state index in [1.54, 1.807) is 18.2 Å². The molecule has 146 valence electrons. The summed E-state index contributed by atoms with van der Waals surface area (Å²) in [5, 5.41) is 3.55. The monoisotopic (exact) mass is 406 g/mol. The molecule has 29 heavy (non-hydrogen) atoms. The van der Waals surface area contributed by atoms with Crippen molar-refractivity contribution >= 4 is 34.3 Å². The van der Waals surface area contributed by atoms with Crippen molar-refractivity contribution in [2.75, 3.05) is 11.9 Å². The van der Waals surface area contributed by atoms with Gasteiger partial charge in [-0.2, -0.15) is 0 Å². The molecular weight excluding hydrogens is 388 g/mol. The van der Waals surface area contributed by atoms with Gasteiger partial charge in [0.15, 0.2) is 12.2 Å². The summed E-state index contributed by atoms with van der Waals surface area (Å²) in [5.74, 6) is 0.851. The highest BCUT2D eigenvalue weighted by Gasteiger charge is 2.12. The molecule has 0 radical (unpaired) electrons. The molecule has 4 rings (SSSR count). The highest BCUT2D eigenvalue weighted by atomic mass is 35.5. The number of rotatable bonds is 5. The number of hydrogen-bond acceptors (Lipinski definition) is 4. The van der Waals surface area contributed by atoms with Gasteiger partial charge in [-0.25, -0.2) is 4.98 Å². The summed E-state index contributed by atoms with van der Waals surface area (Å²) in [6, 6.07) is 18.6. The molecular formula is C23H19ClN2O3. The third-order valence-electron chi connectivity index (χ3n) is 4.55. The number of aryl methyl sites for hydroxylation is 2. The molecule has 0 saturated heterocycles. The first-order valence-corrected chi connectivity index (χ1v) is 9.53. The maximum absolute atomic E-state index is 12.4. The summed E-state index contributed by atoms with van der Waals surface area (Å²) in [5.41, 5.74) is 4.81. The van der Waals surface area contributed by atoms with E-state index in [4.69, 9.17) is 20.8 Å². The van der Waals surface area contributed by atoms with E-state index in [0.29, 0.717) is 22.4 Å². The van der Waals surface area contributed by atoms with Gasteiger partial charge in [0.25, 0.3) is 5.91 Å². The predicted octanol–water partition coefficient (Wildman–Crippen LogP) is 5.78. The number of fused-ring (bicyclic) bond motifs is 1. The fourth-order valence-corrected chi connectivity index (χ4v) is 3.05. The van der Waals surface area contributed by atoms with E-state index < -0.39 is 0 Å². The van der Waals surface area contributed by atoms with Crippen LogP contribution in [0.25, 0.3) is 22.6 Å². The number of ether oxygens (including phenoxy) is 1. The molecule has 6 heteroatoms. The number of carbonyl (C=O) groups excluding carboxylic acids is 1. The molecule has 0 saturated carbocycles. The molecule has 0 spiro atoms. The topological polar surface area (TPSA) is 64.4 Å². The number of hydrogen-bond donors (Lipinski definition) is 1. The Bertz CT molecular complexity index is 1170. The quantitative estimate of drug-likeness (QED) is 0.456. The molecule has 3 aromatic carbocycles. The summed E-state index contributed by atoms with van der Waals surface area (Å²) in [7, 11) is 0. The van der Waals surface area contributed by atoms with Crippen molar-refractivity contribution in [3.63, 3.8) is 0 Å². The number of carbonyl (C=O) groups is 1. The maximum Gasteiger partial charge on any atom is 0.262 e. The average molecular weight is 407 g/mol. The van der Waals surface area contributed by atoms with E-state index in [9.17, 15) is 4.79 Å². The maximum atomic E-state index is 12.4. The van der Waals surface area contributed by atoms with Crippen LogP contribution in [0.2, 0.25) is 5.02 Å². The fourth-order valence-electron chi connectivity index (χ4n) is 2.93. The zero-order valence-corrected chi connectivity index (χ0v) is 16.8. The second kappa shape index (κ2) is 7.97. The van der Waals surface area contributed by atoms with E-state index in [2.05, 4.69) is 10.3 Å². The standard InChI is InChI=1S/C23H19ClN2O3/c1-14-7-8-16(23-26-19-5-3-4-6-21(19)29-23)12-20(14)25-22(27)13-28-17-9-10-18(24)15(2)11-17/h3-12H,13H2,1-2H3,(H,25,27). The SMILES string of the molecule is Cc1cc(OCC(=O)Nc2cc(-c3nc4ccccc4o3)ccc2C)ccc1Cl. The van der Waals surface area contributed by atoms with Gasteiger partial charge in [-0.15, -0.1) is 0 Å². The lowest BCUT2D eigenvalue weighted by Crippen LogP contribution is -2.20. The number of para-hydroxylation sites is 2. The van der Waals surface area contributed by atoms with E-state index in [0.717, 1.165) is 27.8 Å². The Labute approximate surface area is 173 Å². The van der Waals surface area contributed by atoms with E-state index in [1.165, 1.54) is 0 Å². The molecule has 1 aromatic heterocycles. The molecule has 0 unspecified atom stereocenters.